The van der Waals surface area contributed by atoms with Crippen molar-refractivity contribution < 1.29 is 4.79 Å². The van der Waals surface area contributed by atoms with E-state index in [0.717, 1.165) is 53.1 Å². The quantitative estimate of drug-likeness (QED) is 0.447. The largest absolute Gasteiger partial charge is 0.366 e. The fraction of sp³-hybridized carbons (Fsp3) is 0.217. The van der Waals surface area contributed by atoms with E-state index in [0.29, 0.717) is 23.6 Å². The van der Waals surface area contributed by atoms with E-state index < -0.39 is 5.91 Å². The zero-order valence-corrected chi connectivity index (χ0v) is 17.7. The highest BCUT2D eigenvalue weighted by molar-refractivity contribution is 7.14. The van der Waals surface area contributed by atoms with Gasteiger partial charge in [0.2, 0.25) is 5.91 Å². The Morgan fingerprint density at radius 3 is 2.84 bits per heavy atom. The molecule has 31 heavy (non-hydrogen) atoms. The number of aryl methyl sites for hydroxylation is 1. The van der Waals surface area contributed by atoms with Crippen LogP contribution in [0.3, 0.4) is 0 Å². The molecular weight excluding hydrogens is 408 g/mol. The Balaban J connectivity index is 1.59. The van der Waals surface area contributed by atoms with Crippen LogP contribution in [0, 0.1) is 0 Å². The van der Waals surface area contributed by atoms with Crippen LogP contribution in [0.15, 0.2) is 48.5 Å². The van der Waals surface area contributed by atoms with Crippen molar-refractivity contribution in [2.24, 2.45) is 5.73 Å². The Morgan fingerprint density at radius 2 is 2.00 bits per heavy atom. The molecule has 1 amide bonds. The first-order chi connectivity index (χ1) is 15.2. The average Bonchev–Trinajstić information content (AvgIpc) is 3.08. The third-order valence-corrected chi connectivity index (χ3v) is 6.34. The highest BCUT2D eigenvalue weighted by Crippen LogP contribution is 2.33. The van der Waals surface area contributed by atoms with Crippen LogP contribution in [0.5, 0.6) is 0 Å². The molecule has 0 spiro atoms. The maximum atomic E-state index is 11.8. The van der Waals surface area contributed by atoms with Crippen molar-refractivity contribution in [2.45, 2.75) is 25.9 Å². The molecule has 7 nitrogen and oxygen atoms in total. The maximum absolute atomic E-state index is 11.8. The Bertz CT molecular complexity index is 1250. The summed E-state index contributed by atoms with van der Waals surface area (Å²) >= 11 is 1.26. The number of nitrogens with two attached hydrogens (primary N) is 1. The van der Waals surface area contributed by atoms with E-state index in [4.69, 9.17) is 15.7 Å². The van der Waals surface area contributed by atoms with E-state index in [9.17, 15) is 4.79 Å². The lowest BCUT2D eigenvalue weighted by molar-refractivity contribution is 0.100. The van der Waals surface area contributed by atoms with Gasteiger partial charge in [-0.05, 0) is 42.5 Å². The molecule has 0 bridgehead atoms. The first kappa shape index (κ1) is 19.6. The number of amides is 1. The molecule has 1 aliphatic rings. The lowest BCUT2D eigenvalue weighted by Gasteiger charge is -2.15. The SMILES string of the molecule is NC(=O)c1cccc2c(-c3nc4c(c(NCc5ccccc5)n3)CNCCC4)nsc12. The zero-order chi connectivity index (χ0) is 21.2. The minimum absolute atomic E-state index is 0.458. The first-order valence-electron chi connectivity index (χ1n) is 10.3. The molecule has 4 N–H and O–H groups in total. The summed E-state index contributed by atoms with van der Waals surface area (Å²) in [6, 6.07) is 15.7. The summed E-state index contributed by atoms with van der Waals surface area (Å²) in [5, 5.41) is 7.82. The molecule has 5 rings (SSSR count). The van der Waals surface area contributed by atoms with Gasteiger partial charge in [-0.2, -0.15) is 4.37 Å². The number of nitrogens with zero attached hydrogens (tertiary/aromatic N) is 3. The van der Waals surface area contributed by atoms with E-state index in [1.165, 1.54) is 17.1 Å². The van der Waals surface area contributed by atoms with Crippen molar-refractivity contribution >= 4 is 33.3 Å². The molecule has 8 heteroatoms. The van der Waals surface area contributed by atoms with Gasteiger partial charge < -0.3 is 16.4 Å². The number of hydrogen-bond acceptors (Lipinski definition) is 7. The molecule has 0 aliphatic carbocycles. The van der Waals surface area contributed by atoms with Crippen molar-refractivity contribution in [3.8, 4) is 11.5 Å². The summed E-state index contributed by atoms with van der Waals surface area (Å²) in [7, 11) is 0. The number of anilines is 1. The van der Waals surface area contributed by atoms with Crippen LogP contribution in [0.25, 0.3) is 21.6 Å². The van der Waals surface area contributed by atoms with Gasteiger partial charge in [-0.15, -0.1) is 0 Å². The van der Waals surface area contributed by atoms with Gasteiger partial charge in [-0.25, -0.2) is 9.97 Å². The topological polar surface area (TPSA) is 106 Å². The second-order valence-electron chi connectivity index (χ2n) is 7.52. The Hall–Kier alpha value is -3.36. The van der Waals surface area contributed by atoms with Crippen LogP contribution < -0.4 is 16.4 Å². The molecule has 4 aromatic rings. The van der Waals surface area contributed by atoms with E-state index in [-0.39, 0.29) is 0 Å². The predicted octanol–water partition coefficient (Wildman–Crippen LogP) is 3.50. The summed E-state index contributed by atoms with van der Waals surface area (Å²) in [6.45, 7) is 2.36. The third-order valence-electron chi connectivity index (χ3n) is 5.44. The fourth-order valence-corrected chi connectivity index (χ4v) is 4.76. The van der Waals surface area contributed by atoms with Crippen LogP contribution in [-0.2, 0) is 19.5 Å². The second-order valence-corrected chi connectivity index (χ2v) is 8.29. The lowest BCUT2D eigenvalue weighted by atomic mass is 10.1. The molecule has 0 saturated carbocycles. The van der Waals surface area contributed by atoms with E-state index in [1.54, 1.807) is 6.07 Å². The van der Waals surface area contributed by atoms with Crippen molar-refractivity contribution in [1.29, 1.82) is 0 Å². The summed E-state index contributed by atoms with van der Waals surface area (Å²) in [5.41, 5.74) is 10.0. The molecule has 0 radical (unpaired) electrons. The summed E-state index contributed by atoms with van der Waals surface area (Å²) < 4.78 is 5.37. The van der Waals surface area contributed by atoms with Gasteiger partial charge in [-0.1, -0.05) is 42.5 Å². The Labute approximate surface area is 183 Å². The van der Waals surface area contributed by atoms with Crippen LogP contribution in [0.1, 0.15) is 33.6 Å². The zero-order valence-electron chi connectivity index (χ0n) is 16.9. The predicted molar refractivity (Wildman–Crippen MR) is 123 cm³/mol. The number of primary amides is 1. The molecule has 156 valence electrons. The van der Waals surface area contributed by atoms with Gasteiger partial charge in [0.1, 0.15) is 11.5 Å². The van der Waals surface area contributed by atoms with Gasteiger partial charge in [-0.3, -0.25) is 4.79 Å². The molecule has 0 atom stereocenters. The fourth-order valence-electron chi connectivity index (χ4n) is 3.87. The number of hydrogen-bond donors (Lipinski definition) is 3. The Kier molecular flexibility index (Phi) is 5.31. The summed E-state index contributed by atoms with van der Waals surface area (Å²) in [5.74, 6) is 0.939. The van der Waals surface area contributed by atoms with Crippen molar-refractivity contribution in [3.05, 3.63) is 70.9 Å². The van der Waals surface area contributed by atoms with Crippen LogP contribution in [0.4, 0.5) is 5.82 Å². The molecule has 3 heterocycles. The van der Waals surface area contributed by atoms with Crippen LogP contribution in [-0.4, -0.2) is 26.8 Å². The minimum atomic E-state index is -0.458. The summed E-state index contributed by atoms with van der Waals surface area (Å²) in [4.78, 5) is 21.6. The number of rotatable bonds is 5. The van der Waals surface area contributed by atoms with Gasteiger partial charge in [0.05, 0.1) is 16.0 Å². The smallest absolute Gasteiger partial charge is 0.250 e. The standard InChI is InChI=1S/C23H22N6OS/c24-21(30)16-9-4-8-15-19(29-31-20(15)16)23-27-18-10-5-11-25-13-17(18)22(28-23)26-12-14-6-2-1-3-7-14/h1-4,6-9,25H,5,10-13H2,(H2,24,30)(H,26,27,28). The number of nitrogens with one attached hydrogen (secondary N) is 2. The molecular formula is C23H22N6OS. The first-order valence-corrected chi connectivity index (χ1v) is 11.0. The van der Waals surface area contributed by atoms with E-state index in [2.05, 4.69) is 27.1 Å². The number of carbonyl (C=O) groups is 1. The summed E-state index contributed by atoms with van der Waals surface area (Å²) in [6.07, 6.45) is 1.90. The number of carbonyl (C=O) groups excluding carboxylic acids is 1. The van der Waals surface area contributed by atoms with E-state index in [1.807, 2.05) is 30.3 Å². The van der Waals surface area contributed by atoms with E-state index >= 15 is 0 Å². The lowest BCUT2D eigenvalue weighted by Crippen LogP contribution is -2.15. The third kappa shape index (κ3) is 3.87. The van der Waals surface area contributed by atoms with Gasteiger partial charge >= 0.3 is 0 Å². The van der Waals surface area contributed by atoms with Crippen molar-refractivity contribution in [2.75, 3.05) is 11.9 Å². The van der Waals surface area contributed by atoms with Crippen LogP contribution >= 0.6 is 11.5 Å². The molecule has 1 aliphatic heterocycles. The number of aromatic nitrogens is 3. The van der Waals surface area contributed by atoms with Gasteiger partial charge in [0.15, 0.2) is 5.82 Å². The van der Waals surface area contributed by atoms with Gasteiger partial charge in [0.25, 0.3) is 0 Å². The number of benzene rings is 2. The molecule has 0 unspecified atom stereocenters. The molecule has 0 saturated heterocycles. The van der Waals surface area contributed by atoms with Gasteiger partial charge in [0, 0.05) is 24.0 Å². The Morgan fingerprint density at radius 1 is 1.13 bits per heavy atom. The average molecular weight is 431 g/mol. The second kappa shape index (κ2) is 8.41. The highest BCUT2D eigenvalue weighted by atomic mass is 32.1. The van der Waals surface area contributed by atoms with Crippen molar-refractivity contribution in [1.82, 2.24) is 19.7 Å². The molecule has 0 fully saturated rings. The molecule has 2 aromatic heterocycles. The van der Waals surface area contributed by atoms with Crippen molar-refractivity contribution in [3.63, 3.8) is 0 Å². The monoisotopic (exact) mass is 430 g/mol. The maximum Gasteiger partial charge on any atom is 0.250 e. The number of fused-ring (bicyclic) bond motifs is 2. The normalized spacial score (nSPS) is 13.5. The van der Waals surface area contributed by atoms with Crippen LogP contribution in [0.2, 0.25) is 0 Å². The highest BCUT2D eigenvalue weighted by Gasteiger charge is 2.21. The minimum Gasteiger partial charge on any atom is -0.366 e. The molecule has 2 aromatic carbocycles.